The van der Waals surface area contributed by atoms with Crippen LogP contribution in [0.5, 0.6) is 11.5 Å². The summed E-state index contributed by atoms with van der Waals surface area (Å²) in [6.45, 7) is 1.76. The van der Waals surface area contributed by atoms with Crippen molar-refractivity contribution in [3.05, 3.63) is 40.6 Å². The number of halogens is 3. The average molecular weight is 618 g/mol. The highest BCUT2D eigenvalue weighted by Gasteiger charge is 2.34. The molecule has 0 amide bonds. The Kier molecular flexibility index (Phi) is 11.5. The Labute approximate surface area is 246 Å². The Morgan fingerprint density at radius 2 is 1.71 bits per heavy atom. The number of aliphatic hydroxyl groups is 4. The third-order valence-corrected chi connectivity index (χ3v) is 7.69. The van der Waals surface area contributed by atoms with Gasteiger partial charge in [-0.15, -0.1) is 0 Å². The van der Waals surface area contributed by atoms with Crippen molar-refractivity contribution in [2.75, 3.05) is 63.8 Å². The predicted octanol–water partition coefficient (Wildman–Crippen LogP) is 1.41. The highest BCUT2D eigenvalue weighted by molar-refractivity contribution is 6.45. The molecule has 41 heavy (non-hydrogen) atoms. The molecule has 4 rings (SSSR count). The second-order valence-electron chi connectivity index (χ2n) is 9.44. The summed E-state index contributed by atoms with van der Waals surface area (Å²) in [7, 11) is 3.47. The zero-order valence-corrected chi connectivity index (χ0v) is 24.0. The number of alkyl halides is 1. The van der Waals surface area contributed by atoms with Gasteiger partial charge in [0.25, 0.3) is 0 Å². The van der Waals surface area contributed by atoms with Crippen molar-refractivity contribution < 1.29 is 39.8 Å². The van der Waals surface area contributed by atoms with E-state index in [1.54, 1.807) is 6.07 Å². The maximum atomic E-state index is 13.7. The zero-order chi connectivity index (χ0) is 29.0. The fraction of sp³-hybridized carbons (Fsp3) is 0.462. The minimum atomic E-state index is -2.12. The van der Waals surface area contributed by atoms with E-state index in [4.69, 9.17) is 37.8 Å². The van der Waals surface area contributed by atoms with E-state index < -0.39 is 37.7 Å². The highest BCUT2D eigenvalue weighted by atomic mass is 35.5. The molecule has 0 unspecified atom stereocenters. The number of nitrogens with one attached hydrogen (secondary N) is 1. The molecule has 2 heterocycles. The molecule has 0 bridgehead atoms. The smallest absolute Gasteiger partial charge is 0.164 e. The van der Waals surface area contributed by atoms with E-state index in [0.717, 1.165) is 31.9 Å². The summed E-state index contributed by atoms with van der Waals surface area (Å²) in [6, 6.07) is 6.82. The van der Waals surface area contributed by atoms with Gasteiger partial charge in [-0.1, -0.05) is 23.2 Å². The van der Waals surface area contributed by atoms with Gasteiger partial charge >= 0.3 is 0 Å². The third-order valence-electron chi connectivity index (χ3n) is 6.81. The standard InChI is InChI=1S/C26H32Cl2FN5O6.H2O/c1-33-5-7-34(8-6-33)18-4-3-16(22(27)23(18)28)32-26-14-9-19(39-2)20(10-17(14)30-13-31-26)40-21(12-36)25(38)24(37)15(29)11-35;/h3-4,9-10,13,15,21,24-25,35-38H,5-8,11-12H2,1-2H3,(H,30,31,32);1H2/t15-,21-,24+,25+;/m1./s1. The normalized spacial score (nSPS) is 17.0. The summed E-state index contributed by atoms with van der Waals surface area (Å²) in [4.78, 5) is 13.1. The molecule has 0 aliphatic carbocycles. The lowest BCUT2D eigenvalue weighted by molar-refractivity contribution is -0.0981. The van der Waals surface area contributed by atoms with E-state index in [1.165, 1.54) is 19.5 Å². The number of likely N-dealkylation sites (N-methyl/N-ethyl adjacent to an activating group) is 1. The van der Waals surface area contributed by atoms with Crippen LogP contribution in [-0.4, -0.2) is 119 Å². The van der Waals surface area contributed by atoms with Crippen LogP contribution >= 0.6 is 23.2 Å². The summed E-state index contributed by atoms with van der Waals surface area (Å²) in [5.41, 5.74) is 1.80. The monoisotopic (exact) mass is 617 g/mol. The minimum Gasteiger partial charge on any atom is -0.493 e. The fourth-order valence-corrected chi connectivity index (χ4v) is 4.88. The first-order chi connectivity index (χ1) is 19.2. The summed E-state index contributed by atoms with van der Waals surface area (Å²) in [6.07, 6.45) is -6.04. The summed E-state index contributed by atoms with van der Waals surface area (Å²) in [5, 5.41) is 43.4. The van der Waals surface area contributed by atoms with Crippen molar-refractivity contribution >= 4 is 51.3 Å². The molecule has 15 heteroatoms. The molecular weight excluding hydrogens is 584 g/mol. The number of hydrogen-bond donors (Lipinski definition) is 5. The number of anilines is 3. The van der Waals surface area contributed by atoms with Crippen molar-refractivity contribution in [1.29, 1.82) is 0 Å². The van der Waals surface area contributed by atoms with E-state index in [2.05, 4.69) is 32.1 Å². The average Bonchev–Trinajstić information content (AvgIpc) is 2.97. The lowest BCUT2D eigenvalue weighted by Gasteiger charge is -2.34. The van der Waals surface area contributed by atoms with Gasteiger partial charge in [0.1, 0.15) is 24.4 Å². The lowest BCUT2D eigenvalue weighted by atomic mass is 10.0. The Bertz CT molecular complexity index is 1320. The first-order valence-corrected chi connectivity index (χ1v) is 13.3. The number of aromatic nitrogens is 2. The van der Waals surface area contributed by atoms with E-state index in [-0.39, 0.29) is 17.0 Å². The quantitative estimate of drug-likeness (QED) is 0.210. The number of methoxy groups -OCH3 is 1. The molecule has 0 saturated carbocycles. The summed E-state index contributed by atoms with van der Waals surface area (Å²) >= 11 is 13.3. The second-order valence-corrected chi connectivity index (χ2v) is 10.2. The molecule has 226 valence electrons. The molecule has 0 radical (unpaired) electrons. The molecule has 1 aliphatic rings. The molecule has 1 fully saturated rings. The second kappa shape index (κ2) is 14.4. The van der Waals surface area contributed by atoms with Gasteiger partial charge in [-0.3, -0.25) is 0 Å². The molecule has 0 spiro atoms. The number of benzene rings is 2. The minimum absolute atomic E-state index is 0. The Hall–Kier alpha value is -2.75. The number of nitrogens with zero attached hydrogens (tertiary/aromatic N) is 4. The molecule has 2 aromatic carbocycles. The molecule has 7 N–H and O–H groups in total. The van der Waals surface area contributed by atoms with E-state index >= 15 is 0 Å². The van der Waals surface area contributed by atoms with Gasteiger partial charge in [0.15, 0.2) is 23.8 Å². The van der Waals surface area contributed by atoms with Crippen LogP contribution in [-0.2, 0) is 0 Å². The molecule has 1 aliphatic heterocycles. The molecule has 3 aromatic rings. The van der Waals surface area contributed by atoms with E-state index in [9.17, 15) is 19.7 Å². The van der Waals surface area contributed by atoms with Gasteiger partial charge in [-0.05, 0) is 25.2 Å². The Morgan fingerprint density at radius 3 is 2.34 bits per heavy atom. The van der Waals surface area contributed by atoms with Crippen LogP contribution in [0.2, 0.25) is 10.0 Å². The Balaban J connectivity index is 0.00000462. The van der Waals surface area contributed by atoms with Crippen molar-refractivity contribution in [1.82, 2.24) is 14.9 Å². The predicted molar refractivity (Wildman–Crippen MR) is 155 cm³/mol. The number of hydrogen-bond acceptors (Lipinski definition) is 11. The first-order valence-electron chi connectivity index (χ1n) is 12.6. The van der Waals surface area contributed by atoms with Crippen LogP contribution in [0.3, 0.4) is 0 Å². The van der Waals surface area contributed by atoms with Crippen molar-refractivity contribution in [3.8, 4) is 11.5 Å². The number of rotatable bonds is 11. The SMILES string of the molecule is COc1cc2c(Nc3ccc(N4CCN(C)CC4)c(Cl)c3Cl)ncnc2cc1O[C@H](CO)[C@H](O)[C@@H](O)[C@H](F)CO.O. The van der Waals surface area contributed by atoms with Gasteiger partial charge in [0.2, 0.25) is 0 Å². The molecule has 1 saturated heterocycles. The molecule has 12 nitrogen and oxygen atoms in total. The van der Waals surface area contributed by atoms with Crippen molar-refractivity contribution in [2.24, 2.45) is 0 Å². The van der Waals surface area contributed by atoms with Gasteiger partial charge in [0.05, 0.1) is 47.3 Å². The van der Waals surface area contributed by atoms with Crippen LogP contribution in [0.4, 0.5) is 21.6 Å². The van der Waals surface area contributed by atoms with Gasteiger partial charge in [0, 0.05) is 37.6 Å². The van der Waals surface area contributed by atoms with Crippen molar-refractivity contribution in [2.45, 2.75) is 24.5 Å². The lowest BCUT2D eigenvalue weighted by Crippen LogP contribution is -2.48. The molecular formula is C26H34Cl2FN5O7. The number of aliphatic hydroxyl groups excluding tert-OH is 4. The van der Waals surface area contributed by atoms with Gasteiger partial charge in [-0.2, -0.15) is 0 Å². The zero-order valence-electron chi connectivity index (χ0n) is 22.5. The third kappa shape index (κ3) is 7.19. The number of fused-ring (bicyclic) bond motifs is 1. The van der Waals surface area contributed by atoms with Crippen molar-refractivity contribution in [3.63, 3.8) is 0 Å². The van der Waals surface area contributed by atoms with Gasteiger partial charge < -0.3 is 50.5 Å². The first kappa shape index (κ1) is 32.8. The van der Waals surface area contributed by atoms with Crippen LogP contribution in [0.25, 0.3) is 10.9 Å². The topological polar surface area (TPSA) is 175 Å². The highest BCUT2D eigenvalue weighted by Crippen LogP contribution is 2.41. The van der Waals surface area contributed by atoms with Crippen LogP contribution in [0, 0.1) is 0 Å². The summed E-state index contributed by atoms with van der Waals surface area (Å²) < 4.78 is 24.8. The van der Waals surface area contributed by atoms with Crippen LogP contribution < -0.4 is 19.7 Å². The maximum Gasteiger partial charge on any atom is 0.164 e. The van der Waals surface area contributed by atoms with E-state index in [0.29, 0.717) is 32.5 Å². The molecule has 1 aromatic heterocycles. The van der Waals surface area contributed by atoms with E-state index in [1.807, 2.05) is 12.1 Å². The van der Waals surface area contributed by atoms with Crippen LogP contribution in [0.15, 0.2) is 30.6 Å². The summed E-state index contributed by atoms with van der Waals surface area (Å²) in [5.74, 6) is 0.665. The number of piperazine rings is 1. The Morgan fingerprint density at radius 1 is 1.00 bits per heavy atom. The fourth-order valence-electron chi connectivity index (χ4n) is 4.39. The molecule has 4 atom stereocenters. The number of ether oxygens (including phenoxy) is 2. The maximum absolute atomic E-state index is 13.7. The van der Waals surface area contributed by atoms with Crippen LogP contribution in [0.1, 0.15) is 0 Å². The van der Waals surface area contributed by atoms with Gasteiger partial charge in [-0.25, -0.2) is 14.4 Å². The largest absolute Gasteiger partial charge is 0.493 e.